The van der Waals surface area contributed by atoms with Crippen LogP contribution in [0.2, 0.25) is 0 Å². The van der Waals surface area contributed by atoms with Crippen LogP contribution < -0.4 is 16.0 Å². The Labute approximate surface area is 176 Å². The summed E-state index contributed by atoms with van der Waals surface area (Å²) >= 11 is 1.78. The maximum Gasteiger partial charge on any atom is 0.254 e. The van der Waals surface area contributed by atoms with Gasteiger partial charge < -0.3 is 20.9 Å². The van der Waals surface area contributed by atoms with Crippen molar-refractivity contribution in [1.82, 2.24) is 10.2 Å². The van der Waals surface area contributed by atoms with E-state index in [-0.39, 0.29) is 17.9 Å². The second kappa shape index (κ2) is 9.05. The zero-order valence-corrected chi connectivity index (χ0v) is 17.6. The molecule has 0 bridgehead atoms. The molecule has 1 aliphatic carbocycles. The number of carbonyl (C=O) groups excluding carboxylic acids is 2. The number of fused-ring (bicyclic) bond motifs is 1. The van der Waals surface area contributed by atoms with Crippen molar-refractivity contribution < 1.29 is 9.59 Å². The highest BCUT2D eigenvalue weighted by Crippen LogP contribution is 2.30. The number of benzene rings is 1. The molecule has 4 rings (SSSR count). The number of carbonyl (C=O) groups is 2. The third-order valence-corrected chi connectivity index (χ3v) is 6.72. The normalized spacial score (nSPS) is 21.5. The van der Waals surface area contributed by atoms with Gasteiger partial charge in [0, 0.05) is 43.2 Å². The van der Waals surface area contributed by atoms with Crippen LogP contribution in [-0.4, -0.2) is 60.4 Å². The van der Waals surface area contributed by atoms with Crippen molar-refractivity contribution in [3.8, 4) is 0 Å². The molecule has 3 aliphatic rings. The summed E-state index contributed by atoms with van der Waals surface area (Å²) in [4.78, 5) is 27.1. The summed E-state index contributed by atoms with van der Waals surface area (Å²) in [5.41, 5.74) is 4.92. The topological polar surface area (TPSA) is 73.5 Å². The van der Waals surface area contributed by atoms with Crippen LogP contribution in [0.5, 0.6) is 0 Å². The first kappa shape index (κ1) is 20.0. The van der Waals surface area contributed by atoms with Gasteiger partial charge in [0.05, 0.1) is 11.4 Å². The van der Waals surface area contributed by atoms with Gasteiger partial charge in [0.15, 0.2) is 0 Å². The molecule has 1 atom stereocenters. The van der Waals surface area contributed by atoms with Crippen molar-refractivity contribution in [3.63, 3.8) is 0 Å². The van der Waals surface area contributed by atoms with Crippen LogP contribution >= 0.6 is 11.8 Å². The molecule has 0 spiro atoms. The largest absolute Gasteiger partial charge is 0.371 e. The SMILES string of the molecule is CC1=CCCC=C1CSCC1Nc2ccc(C(=O)N3CCNCC3)cc2NC1=O. The Morgan fingerprint density at radius 2 is 1.97 bits per heavy atom. The molecule has 1 fully saturated rings. The molecule has 1 saturated heterocycles. The predicted octanol–water partition coefficient (Wildman–Crippen LogP) is 2.86. The summed E-state index contributed by atoms with van der Waals surface area (Å²) < 4.78 is 0. The van der Waals surface area contributed by atoms with Crippen molar-refractivity contribution in [3.05, 3.63) is 47.1 Å². The van der Waals surface area contributed by atoms with Crippen molar-refractivity contribution in [1.29, 1.82) is 0 Å². The molecule has 1 aromatic rings. The third-order valence-electron chi connectivity index (χ3n) is 5.63. The van der Waals surface area contributed by atoms with Crippen LogP contribution in [0.3, 0.4) is 0 Å². The summed E-state index contributed by atoms with van der Waals surface area (Å²) in [6.07, 6.45) is 6.83. The average Bonchev–Trinajstić information content (AvgIpc) is 2.75. The molecule has 154 valence electrons. The lowest BCUT2D eigenvalue weighted by atomic mass is 10.0. The summed E-state index contributed by atoms with van der Waals surface area (Å²) in [6, 6.07) is 5.27. The molecule has 2 heterocycles. The van der Waals surface area contributed by atoms with Gasteiger partial charge in [-0.25, -0.2) is 0 Å². The van der Waals surface area contributed by atoms with Gasteiger partial charge in [0.25, 0.3) is 5.91 Å². The number of hydrogen-bond donors (Lipinski definition) is 3. The standard InChI is InChI=1S/C22H28N4O2S/c1-15-4-2-3-5-17(15)13-29-14-20-21(27)25-19-12-16(6-7-18(19)24-20)22(28)26-10-8-23-9-11-26/h4-7,12,20,23-24H,2-3,8-11,13-14H2,1H3,(H,25,27). The first-order valence-electron chi connectivity index (χ1n) is 10.3. The Hall–Kier alpha value is -2.25. The molecule has 1 unspecified atom stereocenters. The third kappa shape index (κ3) is 4.67. The van der Waals surface area contributed by atoms with Crippen LogP contribution in [0.25, 0.3) is 0 Å². The second-order valence-corrected chi connectivity index (χ2v) is 8.73. The van der Waals surface area contributed by atoms with E-state index in [9.17, 15) is 9.59 Å². The van der Waals surface area contributed by atoms with Gasteiger partial charge >= 0.3 is 0 Å². The number of thioether (sulfide) groups is 1. The second-order valence-electron chi connectivity index (χ2n) is 7.70. The first-order valence-corrected chi connectivity index (χ1v) is 11.4. The molecule has 3 N–H and O–H groups in total. The molecular weight excluding hydrogens is 384 g/mol. The molecule has 2 amide bonds. The van der Waals surface area contributed by atoms with E-state index >= 15 is 0 Å². The van der Waals surface area contributed by atoms with Crippen molar-refractivity contribution in [2.45, 2.75) is 25.8 Å². The van der Waals surface area contributed by atoms with Crippen LogP contribution in [0.15, 0.2) is 41.5 Å². The highest BCUT2D eigenvalue weighted by molar-refractivity contribution is 7.99. The molecule has 0 saturated carbocycles. The Balaban J connectivity index is 1.36. The van der Waals surface area contributed by atoms with Gasteiger partial charge in [0.2, 0.25) is 5.91 Å². The Morgan fingerprint density at radius 3 is 2.76 bits per heavy atom. The molecule has 0 aromatic heterocycles. The van der Waals surface area contributed by atoms with E-state index in [0.717, 1.165) is 37.4 Å². The van der Waals surface area contributed by atoms with Crippen molar-refractivity contribution >= 4 is 35.0 Å². The highest BCUT2D eigenvalue weighted by atomic mass is 32.2. The number of anilines is 2. The van der Waals surface area contributed by atoms with Crippen molar-refractivity contribution in [2.24, 2.45) is 0 Å². The zero-order chi connectivity index (χ0) is 20.2. The van der Waals surface area contributed by atoms with Crippen LogP contribution in [0.4, 0.5) is 11.4 Å². The van der Waals surface area contributed by atoms with Crippen molar-refractivity contribution in [2.75, 3.05) is 48.3 Å². The number of rotatable bonds is 5. The monoisotopic (exact) mass is 412 g/mol. The van der Waals surface area contributed by atoms with E-state index in [1.165, 1.54) is 11.1 Å². The fourth-order valence-corrected chi connectivity index (χ4v) is 5.01. The quantitative estimate of drug-likeness (QED) is 0.694. The van der Waals surface area contributed by atoms with Gasteiger partial charge in [-0.15, -0.1) is 0 Å². The molecule has 6 nitrogen and oxygen atoms in total. The Kier molecular flexibility index (Phi) is 6.25. The minimum atomic E-state index is -0.268. The molecule has 1 aromatic carbocycles. The molecule has 29 heavy (non-hydrogen) atoms. The number of allylic oxidation sites excluding steroid dienone is 3. The Bertz CT molecular complexity index is 858. The molecule has 0 radical (unpaired) electrons. The number of nitrogens with one attached hydrogen (secondary N) is 3. The molecular formula is C22H28N4O2S. The van der Waals surface area contributed by atoms with E-state index < -0.39 is 0 Å². The lowest BCUT2D eigenvalue weighted by Crippen LogP contribution is -2.46. The number of piperazine rings is 1. The van der Waals surface area contributed by atoms with E-state index in [1.807, 2.05) is 17.0 Å². The smallest absolute Gasteiger partial charge is 0.254 e. The van der Waals surface area contributed by atoms with Crippen LogP contribution in [-0.2, 0) is 4.79 Å². The van der Waals surface area contributed by atoms with E-state index in [2.05, 4.69) is 35.0 Å². The average molecular weight is 413 g/mol. The van der Waals surface area contributed by atoms with Gasteiger partial charge in [0.1, 0.15) is 6.04 Å². The maximum absolute atomic E-state index is 12.7. The van der Waals surface area contributed by atoms with E-state index in [0.29, 0.717) is 30.1 Å². The number of hydrogen-bond acceptors (Lipinski definition) is 5. The lowest BCUT2D eigenvalue weighted by Gasteiger charge is -2.29. The van der Waals surface area contributed by atoms with Gasteiger partial charge in [-0.05, 0) is 43.5 Å². The highest BCUT2D eigenvalue weighted by Gasteiger charge is 2.27. The molecule has 2 aliphatic heterocycles. The van der Waals surface area contributed by atoms with Crippen LogP contribution in [0.1, 0.15) is 30.1 Å². The summed E-state index contributed by atoms with van der Waals surface area (Å²) in [7, 11) is 0. The molecule has 7 heteroatoms. The fourth-order valence-electron chi connectivity index (χ4n) is 3.86. The summed E-state index contributed by atoms with van der Waals surface area (Å²) in [5.74, 6) is 1.61. The number of amides is 2. The lowest BCUT2D eigenvalue weighted by molar-refractivity contribution is -0.116. The summed E-state index contributed by atoms with van der Waals surface area (Å²) in [5, 5.41) is 9.57. The minimum absolute atomic E-state index is 0.0189. The van der Waals surface area contributed by atoms with Crippen LogP contribution in [0, 0.1) is 0 Å². The maximum atomic E-state index is 12.7. The summed E-state index contributed by atoms with van der Waals surface area (Å²) in [6.45, 7) is 5.23. The van der Waals surface area contributed by atoms with Gasteiger partial charge in [-0.3, -0.25) is 9.59 Å². The van der Waals surface area contributed by atoms with E-state index in [4.69, 9.17) is 0 Å². The predicted molar refractivity (Wildman–Crippen MR) is 120 cm³/mol. The fraction of sp³-hybridized carbons (Fsp3) is 0.455. The minimum Gasteiger partial charge on any atom is -0.371 e. The first-order chi connectivity index (χ1) is 14.1. The zero-order valence-electron chi connectivity index (χ0n) is 16.8. The Morgan fingerprint density at radius 1 is 1.17 bits per heavy atom. The van der Waals surface area contributed by atoms with Gasteiger partial charge in [-0.2, -0.15) is 11.8 Å². The number of nitrogens with zero attached hydrogens (tertiary/aromatic N) is 1. The van der Waals surface area contributed by atoms with Gasteiger partial charge in [-0.1, -0.05) is 17.7 Å². The van der Waals surface area contributed by atoms with E-state index in [1.54, 1.807) is 17.8 Å².